The van der Waals surface area contributed by atoms with Crippen LogP contribution in [-0.4, -0.2) is 34.0 Å². The van der Waals surface area contributed by atoms with Crippen LogP contribution in [0.4, 0.5) is 0 Å². The molecular weight excluding hydrogens is 392 g/mol. The topological polar surface area (TPSA) is 49.4 Å². The summed E-state index contributed by atoms with van der Waals surface area (Å²) in [5.74, 6) is 1.01. The summed E-state index contributed by atoms with van der Waals surface area (Å²) in [5, 5.41) is 3.04. The number of nitrogens with one attached hydrogen (secondary N) is 1. The lowest BCUT2D eigenvalue weighted by molar-refractivity contribution is -0.140. The summed E-state index contributed by atoms with van der Waals surface area (Å²) >= 11 is 1.59. The van der Waals surface area contributed by atoms with E-state index in [1.807, 2.05) is 58.0 Å². The van der Waals surface area contributed by atoms with E-state index in [1.165, 1.54) is 11.1 Å². The minimum Gasteiger partial charge on any atom is -0.350 e. The molecule has 0 bridgehead atoms. The molecule has 2 rings (SSSR count). The fourth-order valence-electron chi connectivity index (χ4n) is 3.18. The average Bonchev–Trinajstić information content (AvgIpc) is 2.68. The molecule has 2 aromatic rings. The highest BCUT2D eigenvalue weighted by Gasteiger charge is 2.30. The first-order valence-electron chi connectivity index (χ1n) is 10.5. The SMILES string of the molecule is CCC(C(=O)NC(C)(C)C)N(Cc1ccccc1)C(=O)CSCc1ccc(C)cc1. The van der Waals surface area contributed by atoms with Gasteiger partial charge in [-0.15, -0.1) is 11.8 Å². The highest BCUT2D eigenvalue weighted by molar-refractivity contribution is 7.99. The zero-order valence-corrected chi connectivity index (χ0v) is 19.6. The Morgan fingerprint density at radius 2 is 1.63 bits per heavy atom. The maximum atomic E-state index is 13.2. The summed E-state index contributed by atoms with van der Waals surface area (Å²) in [4.78, 5) is 27.9. The highest BCUT2D eigenvalue weighted by Crippen LogP contribution is 2.18. The lowest BCUT2D eigenvalue weighted by Gasteiger charge is -2.33. The van der Waals surface area contributed by atoms with E-state index in [0.717, 1.165) is 11.3 Å². The predicted octanol–water partition coefficient (Wildman–Crippen LogP) is 4.95. The maximum Gasteiger partial charge on any atom is 0.243 e. The minimum absolute atomic E-state index is 0.00752. The number of benzene rings is 2. The zero-order valence-electron chi connectivity index (χ0n) is 18.8. The molecule has 2 aromatic carbocycles. The molecule has 0 aliphatic rings. The van der Waals surface area contributed by atoms with Gasteiger partial charge in [-0.05, 0) is 45.2 Å². The monoisotopic (exact) mass is 426 g/mol. The molecule has 0 aliphatic carbocycles. The van der Waals surface area contributed by atoms with Crippen LogP contribution in [0.2, 0.25) is 0 Å². The van der Waals surface area contributed by atoms with Crippen LogP contribution >= 0.6 is 11.8 Å². The van der Waals surface area contributed by atoms with Crippen LogP contribution in [0.1, 0.15) is 50.8 Å². The Labute approximate surface area is 185 Å². The van der Waals surface area contributed by atoms with E-state index in [1.54, 1.807) is 16.7 Å². The van der Waals surface area contributed by atoms with Crippen molar-refractivity contribution < 1.29 is 9.59 Å². The van der Waals surface area contributed by atoms with Crippen molar-refractivity contribution >= 4 is 23.6 Å². The van der Waals surface area contributed by atoms with Crippen molar-refractivity contribution in [3.63, 3.8) is 0 Å². The van der Waals surface area contributed by atoms with E-state index in [4.69, 9.17) is 0 Å². The normalized spacial score (nSPS) is 12.3. The van der Waals surface area contributed by atoms with E-state index in [-0.39, 0.29) is 17.4 Å². The summed E-state index contributed by atoms with van der Waals surface area (Å²) in [6.07, 6.45) is 0.573. The molecule has 5 heteroatoms. The largest absolute Gasteiger partial charge is 0.350 e. The van der Waals surface area contributed by atoms with Crippen LogP contribution in [-0.2, 0) is 21.9 Å². The minimum atomic E-state index is -0.489. The predicted molar refractivity (Wildman–Crippen MR) is 126 cm³/mol. The van der Waals surface area contributed by atoms with Crippen LogP contribution in [0, 0.1) is 6.92 Å². The van der Waals surface area contributed by atoms with Crippen LogP contribution in [0.15, 0.2) is 54.6 Å². The van der Waals surface area contributed by atoms with Gasteiger partial charge in [0.15, 0.2) is 0 Å². The molecule has 0 saturated heterocycles. The van der Waals surface area contributed by atoms with Crippen LogP contribution in [0.25, 0.3) is 0 Å². The second-order valence-corrected chi connectivity index (χ2v) is 9.63. The molecule has 0 heterocycles. The molecule has 30 heavy (non-hydrogen) atoms. The van der Waals surface area contributed by atoms with Crippen LogP contribution in [0.5, 0.6) is 0 Å². The lowest BCUT2D eigenvalue weighted by atomic mass is 10.1. The molecular formula is C25H34N2O2S. The number of rotatable bonds is 9. The number of aryl methyl sites for hydroxylation is 1. The quantitative estimate of drug-likeness (QED) is 0.617. The van der Waals surface area contributed by atoms with Gasteiger partial charge in [0.1, 0.15) is 6.04 Å². The Balaban J connectivity index is 2.11. The van der Waals surface area contributed by atoms with Crippen molar-refractivity contribution in [1.82, 2.24) is 10.2 Å². The summed E-state index contributed by atoms with van der Waals surface area (Å²) in [5.41, 5.74) is 3.11. The molecule has 1 N–H and O–H groups in total. The van der Waals surface area contributed by atoms with E-state index < -0.39 is 6.04 Å². The first kappa shape index (κ1) is 24.0. The summed E-state index contributed by atoms with van der Waals surface area (Å²) in [6.45, 7) is 10.3. The first-order valence-corrected chi connectivity index (χ1v) is 11.6. The molecule has 2 amide bonds. The number of carbonyl (C=O) groups is 2. The van der Waals surface area contributed by atoms with Gasteiger partial charge in [0.05, 0.1) is 5.75 Å². The van der Waals surface area contributed by atoms with Gasteiger partial charge in [0.2, 0.25) is 11.8 Å². The maximum absolute atomic E-state index is 13.2. The number of hydrogen-bond donors (Lipinski definition) is 1. The smallest absolute Gasteiger partial charge is 0.243 e. The Hall–Kier alpha value is -2.27. The van der Waals surface area contributed by atoms with Gasteiger partial charge in [-0.3, -0.25) is 9.59 Å². The van der Waals surface area contributed by atoms with E-state index in [0.29, 0.717) is 18.7 Å². The van der Waals surface area contributed by atoms with E-state index in [9.17, 15) is 9.59 Å². The van der Waals surface area contributed by atoms with Gasteiger partial charge in [0.25, 0.3) is 0 Å². The molecule has 1 unspecified atom stereocenters. The molecule has 4 nitrogen and oxygen atoms in total. The summed E-state index contributed by atoms with van der Waals surface area (Å²) in [6, 6.07) is 17.7. The molecule has 0 spiro atoms. The third-order valence-corrected chi connectivity index (χ3v) is 5.68. The Kier molecular flexibility index (Phi) is 8.97. The number of hydrogen-bond acceptors (Lipinski definition) is 3. The molecule has 1 atom stereocenters. The molecule has 162 valence electrons. The Morgan fingerprint density at radius 1 is 1.00 bits per heavy atom. The Bertz CT molecular complexity index is 813. The number of amides is 2. The lowest BCUT2D eigenvalue weighted by Crippen LogP contribution is -2.53. The van der Waals surface area contributed by atoms with E-state index in [2.05, 4.69) is 36.5 Å². The van der Waals surface area contributed by atoms with Crippen molar-refractivity contribution in [1.29, 1.82) is 0 Å². The highest BCUT2D eigenvalue weighted by atomic mass is 32.2. The van der Waals surface area contributed by atoms with Crippen molar-refractivity contribution in [3.05, 3.63) is 71.3 Å². The fraction of sp³-hybridized carbons (Fsp3) is 0.440. The molecule has 0 fully saturated rings. The zero-order chi connectivity index (χ0) is 22.1. The molecule has 0 radical (unpaired) electrons. The van der Waals surface area contributed by atoms with Gasteiger partial charge in [-0.1, -0.05) is 67.1 Å². The second kappa shape index (κ2) is 11.2. The summed E-state index contributed by atoms with van der Waals surface area (Å²) < 4.78 is 0. The van der Waals surface area contributed by atoms with Crippen molar-refractivity contribution in [2.45, 2.75) is 64.9 Å². The van der Waals surface area contributed by atoms with Crippen LogP contribution in [0.3, 0.4) is 0 Å². The molecule has 0 aliphatic heterocycles. The van der Waals surface area contributed by atoms with Gasteiger partial charge < -0.3 is 10.2 Å². The average molecular weight is 427 g/mol. The molecule has 0 aromatic heterocycles. The second-order valence-electron chi connectivity index (χ2n) is 8.65. The van der Waals surface area contributed by atoms with Gasteiger partial charge in [0, 0.05) is 17.8 Å². The standard InChI is InChI=1S/C25H34N2O2S/c1-6-22(24(29)26-25(3,4)5)27(16-20-10-8-7-9-11-20)23(28)18-30-17-21-14-12-19(2)13-15-21/h7-15,22H,6,16-18H2,1-5H3,(H,26,29). The van der Waals surface area contributed by atoms with Crippen molar-refractivity contribution in [3.8, 4) is 0 Å². The van der Waals surface area contributed by atoms with E-state index >= 15 is 0 Å². The van der Waals surface area contributed by atoms with Crippen molar-refractivity contribution in [2.75, 3.05) is 5.75 Å². The number of carbonyl (C=O) groups excluding carboxylic acids is 2. The first-order chi connectivity index (χ1) is 14.2. The van der Waals surface area contributed by atoms with Gasteiger partial charge >= 0.3 is 0 Å². The van der Waals surface area contributed by atoms with Gasteiger partial charge in [-0.25, -0.2) is 0 Å². The van der Waals surface area contributed by atoms with Gasteiger partial charge in [-0.2, -0.15) is 0 Å². The summed E-state index contributed by atoms with van der Waals surface area (Å²) in [7, 11) is 0. The Morgan fingerprint density at radius 3 is 2.20 bits per heavy atom. The number of thioether (sulfide) groups is 1. The third-order valence-electron chi connectivity index (χ3n) is 4.69. The van der Waals surface area contributed by atoms with Crippen molar-refractivity contribution in [2.24, 2.45) is 0 Å². The van der Waals surface area contributed by atoms with Crippen LogP contribution < -0.4 is 5.32 Å². The fourth-order valence-corrected chi connectivity index (χ4v) is 4.05. The molecule has 0 saturated carbocycles. The third kappa shape index (κ3) is 7.86. The number of nitrogens with zero attached hydrogens (tertiary/aromatic N) is 1.